The first-order valence-corrected chi connectivity index (χ1v) is 6.60. The third-order valence-electron chi connectivity index (χ3n) is 2.45. The second-order valence-corrected chi connectivity index (χ2v) is 4.29. The Morgan fingerprint density at radius 1 is 1.32 bits per heavy atom. The molecule has 1 aromatic rings. The summed E-state index contributed by atoms with van der Waals surface area (Å²) in [5.74, 6) is -0.987. The third-order valence-corrected chi connectivity index (χ3v) is 2.45. The molecule has 0 radical (unpaired) electrons. The smallest absolute Gasteiger partial charge is 0.320 e. The van der Waals surface area contributed by atoms with Gasteiger partial charge in [0.05, 0.1) is 0 Å². The molecular weight excluding hydrogens is 288 g/mol. The summed E-state index contributed by atoms with van der Waals surface area (Å²) in [5.41, 5.74) is 16.3. The lowest BCUT2D eigenvalue weighted by atomic mass is 10.2. The highest BCUT2D eigenvalue weighted by Gasteiger charge is 2.09. The standard InChI is InChI=1S/C8H8O2.C6H14N4O2/c9-7-10-6-8-4-2-1-3-5-8;7-4(5(11)12)2-1-3-10-6(8)9/h1-5,7H,6H2;4H,1-3,7H2,(H,11,12)(H4,8,9,10). The fourth-order valence-corrected chi connectivity index (χ4v) is 1.35. The largest absolute Gasteiger partial charge is 0.480 e. The number of nitrogens with zero attached hydrogens (tertiary/aromatic N) is 1. The first-order chi connectivity index (χ1) is 10.5. The molecule has 7 N–H and O–H groups in total. The van der Waals surface area contributed by atoms with Crippen LogP contribution in [0.4, 0.5) is 0 Å². The molecule has 0 aliphatic rings. The zero-order valence-corrected chi connectivity index (χ0v) is 12.2. The quantitative estimate of drug-likeness (QED) is 0.224. The molecule has 0 saturated heterocycles. The second kappa shape index (κ2) is 12.2. The van der Waals surface area contributed by atoms with Crippen LogP contribution < -0.4 is 17.2 Å². The summed E-state index contributed by atoms with van der Waals surface area (Å²) < 4.78 is 4.54. The van der Waals surface area contributed by atoms with Crippen molar-refractivity contribution in [3.05, 3.63) is 35.9 Å². The third kappa shape index (κ3) is 11.2. The van der Waals surface area contributed by atoms with Gasteiger partial charge in [0, 0.05) is 6.54 Å². The summed E-state index contributed by atoms with van der Waals surface area (Å²) in [6.45, 7) is 1.24. The van der Waals surface area contributed by atoms with E-state index in [0.717, 1.165) is 5.56 Å². The van der Waals surface area contributed by atoms with Crippen LogP contribution in [-0.2, 0) is 20.9 Å². The number of hydrogen-bond acceptors (Lipinski definition) is 5. The summed E-state index contributed by atoms with van der Waals surface area (Å²) >= 11 is 0. The van der Waals surface area contributed by atoms with Gasteiger partial charge in [0.25, 0.3) is 6.47 Å². The number of carbonyl (C=O) groups excluding carboxylic acids is 1. The molecule has 1 rings (SSSR count). The Kier molecular flexibility index (Phi) is 10.7. The van der Waals surface area contributed by atoms with E-state index in [-0.39, 0.29) is 5.96 Å². The highest BCUT2D eigenvalue weighted by molar-refractivity contribution is 5.75. The van der Waals surface area contributed by atoms with Gasteiger partial charge in [-0.15, -0.1) is 0 Å². The predicted octanol–water partition coefficient (Wildman–Crippen LogP) is -0.188. The van der Waals surface area contributed by atoms with E-state index < -0.39 is 12.0 Å². The van der Waals surface area contributed by atoms with Gasteiger partial charge in [-0.2, -0.15) is 0 Å². The molecule has 8 heteroatoms. The molecule has 0 spiro atoms. The lowest BCUT2D eigenvalue weighted by Crippen LogP contribution is -2.30. The monoisotopic (exact) mass is 310 g/mol. The molecule has 22 heavy (non-hydrogen) atoms. The Bertz CT molecular complexity index is 461. The SMILES string of the molecule is NC(N)=NCCCC(N)C(=O)O.O=COCc1ccccc1. The molecule has 122 valence electrons. The molecule has 0 aliphatic heterocycles. The maximum atomic E-state index is 10.2. The maximum Gasteiger partial charge on any atom is 0.320 e. The topological polar surface area (TPSA) is 154 Å². The summed E-state index contributed by atoms with van der Waals surface area (Å²) in [6, 6.07) is 8.73. The van der Waals surface area contributed by atoms with Crippen LogP contribution in [0.15, 0.2) is 35.3 Å². The van der Waals surface area contributed by atoms with Crippen molar-refractivity contribution in [2.75, 3.05) is 6.54 Å². The zero-order valence-electron chi connectivity index (χ0n) is 12.2. The van der Waals surface area contributed by atoms with E-state index in [1.54, 1.807) is 0 Å². The van der Waals surface area contributed by atoms with Crippen LogP contribution in [-0.4, -0.2) is 36.1 Å². The van der Waals surface area contributed by atoms with Crippen molar-refractivity contribution in [1.29, 1.82) is 0 Å². The van der Waals surface area contributed by atoms with Crippen LogP contribution in [0.3, 0.4) is 0 Å². The number of rotatable bonds is 8. The molecule has 0 aliphatic carbocycles. The summed E-state index contributed by atoms with van der Waals surface area (Å²) in [4.78, 5) is 23.7. The number of aliphatic imine (C=N–C) groups is 1. The summed E-state index contributed by atoms with van der Waals surface area (Å²) in [6.07, 6.45) is 0.956. The Labute approximate surface area is 129 Å². The van der Waals surface area contributed by atoms with E-state index in [1.165, 1.54) is 0 Å². The van der Waals surface area contributed by atoms with Crippen LogP contribution in [0, 0.1) is 0 Å². The molecule has 1 unspecified atom stereocenters. The first-order valence-electron chi connectivity index (χ1n) is 6.60. The number of hydrogen-bond donors (Lipinski definition) is 4. The molecule has 1 atom stereocenters. The van der Waals surface area contributed by atoms with Crippen LogP contribution in [0.5, 0.6) is 0 Å². The molecule has 0 saturated carbocycles. The molecule has 0 fully saturated rings. The minimum atomic E-state index is -1.00. The van der Waals surface area contributed by atoms with Crippen LogP contribution >= 0.6 is 0 Å². The van der Waals surface area contributed by atoms with Crippen LogP contribution in [0.2, 0.25) is 0 Å². The Morgan fingerprint density at radius 3 is 2.45 bits per heavy atom. The zero-order chi connectivity index (χ0) is 16.8. The van der Waals surface area contributed by atoms with Gasteiger partial charge >= 0.3 is 5.97 Å². The van der Waals surface area contributed by atoms with Gasteiger partial charge in [-0.05, 0) is 18.4 Å². The van der Waals surface area contributed by atoms with E-state index in [9.17, 15) is 9.59 Å². The van der Waals surface area contributed by atoms with Crippen molar-refractivity contribution in [3.8, 4) is 0 Å². The molecule has 1 aromatic carbocycles. The fraction of sp³-hybridized carbons (Fsp3) is 0.357. The Balaban J connectivity index is 0.000000406. The van der Waals surface area contributed by atoms with E-state index >= 15 is 0 Å². The average Bonchev–Trinajstić information content (AvgIpc) is 2.50. The van der Waals surface area contributed by atoms with E-state index in [2.05, 4.69) is 9.73 Å². The van der Waals surface area contributed by atoms with Crippen LogP contribution in [0.1, 0.15) is 18.4 Å². The number of aliphatic carboxylic acids is 1. The van der Waals surface area contributed by atoms with Gasteiger partial charge in [0.15, 0.2) is 5.96 Å². The normalized spacial score (nSPS) is 10.6. The van der Waals surface area contributed by atoms with Crippen LogP contribution in [0.25, 0.3) is 0 Å². The van der Waals surface area contributed by atoms with Gasteiger partial charge < -0.3 is 27.0 Å². The van der Waals surface area contributed by atoms with Crippen molar-refractivity contribution in [2.24, 2.45) is 22.2 Å². The minimum Gasteiger partial charge on any atom is -0.480 e. The molecule has 0 amide bonds. The fourth-order valence-electron chi connectivity index (χ4n) is 1.35. The van der Waals surface area contributed by atoms with Gasteiger partial charge in [-0.25, -0.2) is 0 Å². The highest BCUT2D eigenvalue weighted by atomic mass is 16.5. The molecule has 8 nitrogen and oxygen atoms in total. The number of nitrogens with two attached hydrogens (primary N) is 3. The lowest BCUT2D eigenvalue weighted by molar-refractivity contribution is -0.138. The van der Waals surface area contributed by atoms with E-state index in [0.29, 0.717) is 32.5 Å². The Hall–Kier alpha value is -2.61. The molecule has 0 aromatic heterocycles. The van der Waals surface area contributed by atoms with Crippen molar-refractivity contribution in [2.45, 2.75) is 25.5 Å². The number of carboxylic acids is 1. The van der Waals surface area contributed by atoms with Crippen molar-refractivity contribution < 1.29 is 19.4 Å². The van der Waals surface area contributed by atoms with E-state index in [4.69, 9.17) is 22.3 Å². The van der Waals surface area contributed by atoms with Crippen molar-refractivity contribution in [1.82, 2.24) is 0 Å². The highest BCUT2D eigenvalue weighted by Crippen LogP contribution is 1.98. The molecule has 0 bridgehead atoms. The summed E-state index contributed by atoms with van der Waals surface area (Å²) in [5, 5.41) is 8.38. The first kappa shape index (κ1) is 19.4. The average molecular weight is 310 g/mol. The van der Waals surface area contributed by atoms with Crippen molar-refractivity contribution in [3.63, 3.8) is 0 Å². The number of guanidine groups is 1. The van der Waals surface area contributed by atoms with Gasteiger partial charge in [-0.3, -0.25) is 14.6 Å². The molecular formula is C14H22N4O4. The minimum absolute atomic E-state index is 0.0129. The Morgan fingerprint density at radius 2 is 1.95 bits per heavy atom. The number of benzene rings is 1. The second-order valence-electron chi connectivity index (χ2n) is 4.29. The van der Waals surface area contributed by atoms with Crippen molar-refractivity contribution >= 4 is 18.4 Å². The number of ether oxygens (including phenoxy) is 1. The number of carbonyl (C=O) groups is 2. The number of carboxylic acid groups (broad SMARTS) is 1. The predicted molar refractivity (Wildman–Crippen MR) is 82.8 cm³/mol. The molecule has 0 heterocycles. The summed E-state index contributed by atoms with van der Waals surface area (Å²) in [7, 11) is 0. The maximum absolute atomic E-state index is 10.2. The van der Waals surface area contributed by atoms with Gasteiger partial charge in [0.1, 0.15) is 12.6 Å². The lowest BCUT2D eigenvalue weighted by Gasteiger charge is -2.03. The van der Waals surface area contributed by atoms with Gasteiger partial charge in [0.2, 0.25) is 0 Å². The van der Waals surface area contributed by atoms with Gasteiger partial charge in [-0.1, -0.05) is 30.3 Å². The van der Waals surface area contributed by atoms with E-state index in [1.807, 2.05) is 30.3 Å².